The highest BCUT2D eigenvalue weighted by molar-refractivity contribution is 6.30. The lowest BCUT2D eigenvalue weighted by molar-refractivity contribution is -0.128. The van der Waals surface area contributed by atoms with Crippen LogP contribution in [0.25, 0.3) is 0 Å². The molecule has 0 spiro atoms. The standard InChI is InChI=1S/C19H18ClFN2O2/c1-12-8-15(20)4-7-17(12)22-19(25)14-9-18(24)23(11-14)10-13-2-5-16(21)6-3-13/h2-8,14H,9-11H2,1H3,(H,22,25). The summed E-state index contributed by atoms with van der Waals surface area (Å²) in [6.45, 7) is 2.60. The highest BCUT2D eigenvalue weighted by Gasteiger charge is 2.34. The topological polar surface area (TPSA) is 49.4 Å². The van der Waals surface area contributed by atoms with Gasteiger partial charge in [-0.2, -0.15) is 0 Å². The van der Waals surface area contributed by atoms with Gasteiger partial charge in [-0.05, 0) is 48.4 Å². The van der Waals surface area contributed by atoms with Crippen molar-refractivity contribution in [3.05, 3.63) is 64.4 Å². The molecule has 0 bridgehead atoms. The second-order valence-electron chi connectivity index (χ2n) is 6.25. The first-order chi connectivity index (χ1) is 11.9. The van der Waals surface area contributed by atoms with Crippen molar-refractivity contribution in [2.45, 2.75) is 19.9 Å². The smallest absolute Gasteiger partial charge is 0.229 e. The number of nitrogens with zero attached hydrogens (tertiary/aromatic N) is 1. The van der Waals surface area contributed by atoms with Crippen molar-refractivity contribution in [1.29, 1.82) is 0 Å². The minimum absolute atomic E-state index is 0.0719. The Labute approximate surface area is 150 Å². The zero-order chi connectivity index (χ0) is 18.0. The van der Waals surface area contributed by atoms with Crippen molar-refractivity contribution in [3.63, 3.8) is 0 Å². The number of hydrogen-bond donors (Lipinski definition) is 1. The molecule has 2 aromatic carbocycles. The fraction of sp³-hybridized carbons (Fsp3) is 0.263. The van der Waals surface area contributed by atoms with Crippen molar-refractivity contribution in [3.8, 4) is 0 Å². The first-order valence-corrected chi connectivity index (χ1v) is 8.39. The average molecular weight is 361 g/mol. The van der Waals surface area contributed by atoms with Crippen molar-refractivity contribution in [2.24, 2.45) is 5.92 Å². The van der Waals surface area contributed by atoms with Crippen LogP contribution < -0.4 is 5.32 Å². The summed E-state index contributed by atoms with van der Waals surface area (Å²) in [5.41, 5.74) is 2.40. The third-order valence-electron chi connectivity index (χ3n) is 4.32. The molecular formula is C19H18ClFN2O2. The normalized spacial score (nSPS) is 17.0. The zero-order valence-corrected chi connectivity index (χ0v) is 14.5. The first kappa shape index (κ1) is 17.4. The zero-order valence-electron chi connectivity index (χ0n) is 13.8. The molecule has 1 aliphatic rings. The van der Waals surface area contributed by atoms with Gasteiger partial charge in [-0.1, -0.05) is 23.7 Å². The maximum absolute atomic E-state index is 13.0. The molecule has 1 aliphatic heterocycles. The molecule has 6 heteroatoms. The molecule has 2 aromatic rings. The summed E-state index contributed by atoms with van der Waals surface area (Å²) in [6.07, 6.45) is 0.180. The van der Waals surface area contributed by atoms with Crippen LogP contribution >= 0.6 is 11.6 Å². The SMILES string of the molecule is Cc1cc(Cl)ccc1NC(=O)C1CC(=O)N(Cc2ccc(F)cc2)C1. The Morgan fingerprint density at radius 2 is 2.00 bits per heavy atom. The second-order valence-corrected chi connectivity index (χ2v) is 6.69. The first-order valence-electron chi connectivity index (χ1n) is 8.01. The summed E-state index contributed by atoms with van der Waals surface area (Å²) in [5, 5.41) is 3.47. The molecule has 4 nitrogen and oxygen atoms in total. The number of anilines is 1. The van der Waals surface area contributed by atoms with Crippen LogP contribution in [0.2, 0.25) is 5.02 Å². The molecule has 130 valence electrons. The molecule has 0 aromatic heterocycles. The Balaban J connectivity index is 1.63. The van der Waals surface area contributed by atoms with Crippen molar-refractivity contribution < 1.29 is 14.0 Å². The molecule has 3 rings (SSSR count). The molecule has 1 heterocycles. The van der Waals surface area contributed by atoms with E-state index in [9.17, 15) is 14.0 Å². The van der Waals surface area contributed by atoms with Gasteiger partial charge in [-0.25, -0.2) is 4.39 Å². The van der Waals surface area contributed by atoms with E-state index < -0.39 is 5.92 Å². The van der Waals surface area contributed by atoms with Crippen molar-refractivity contribution in [2.75, 3.05) is 11.9 Å². The molecule has 0 aliphatic carbocycles. The molecule has 1 unspecified atom stereocenters. The Kier molecular flexibility index (Phi) is 5.04. The number of aryl methyl sites for hydroxylation is 1. The van der Waals surface area contributed by atoms with E-state index in [0.29, 0.717) is 23.8 Å². The third-order valence-corrected chi connectivity index (χ3v) is 4.55. The Hall–Kier alpha value is -2.40. The maximum atomic E-state index is 13.0. The predicted octanol–water partition coefficient (Wildman–Crippen LogP) is 3.77. The van der Waals surface area contributed by atoms with E-state index in [1.807, 2.05) is 6.92 Å². The van der Waals surface area contributed by atoms with Gasteiger partial charge < -0.3 is 10.2 Å². The molecule has 2 amide bonds. The minimum atomic E-state index is -0.400. The van der Waals surface area contributed by atoms with Crippen LogP contribution in [0.5, 0.6) is 0 Å². The minimum Gasteiger partial charge on any atom is -0.338 e. The van der Waals surface area contributed by atoms with Gasteiger partial charge in [-0.3, -0.25) is 9.59 Å². The number of carbonyl (C=O) groups excluding carboxylic acids is 2. The largest absolute Gasteiger partial charge is 0.338 e. The number of hydrogen-bond acceptors (Lipinski definition) is 2. The van der Waals surface area contributed by atoms with E-state index in [2.05, 4.69) is 5.32 Å². The number of likely N-dealkylation sites (tertiary alicyclic amines) is 1. The average Bonchev–Trinajstić information content (AvgIpc) is 2.93. The van der Waals surface area contributed by atoms with Crippen LogP contribution in [0.3, 0.4) is 0 Å². The van der Waals surface area contributed by atoms with Gasteiger partial charge in [0.25, 0.3) is 0 Å². The summed E-state index contributed by atoms with van der Waals surface area (Å²) in [6, 6.07) is 11.3. The van der Waals surface area contributed by atoms with E-state index in [4.69, 9.17) is 11.6 Å². The summed E-state index contributed by atoms with van der Waals surface area (Å²) in [5.74, 6) is -0.965. The lowest BCUT2D eigenvalue weighted by Gasteiger charge is -2.17. The van der Waals surface area contributed by atoms with Crippen LogP contribution in [0.1, 0.15) is 17.5 Å². The molecule has 0 saturated carbocycles. The molecular weight excluding hydrogens is 343 g/mol. The fourth-order valence-electron chi connectivity index (χ4n) is 2.91. The molecule has 1 atom stereocenters. The Bertz CT molecular complexity index is 808. The highest BCUT2D eigenvalue weighted by atomic mass is 35.5. The molecule has 25 heavy (non-hydrogen) atoms. The van der Waals surface area contributed by atoms with Crippen LogP contribution in [0.15, 0.2) is 42.5 Å². The van der Waals surface area contributed by atoms with Gasteiger partial charge in [0.05, 0.1) is 5.92 Å². The lowest BCUT2D eigenvalue weighted by Crippen LogP contribution is -2.28. The summed E-state index contributed by atoms with van der Waals surface area (Å²) < 4.78 is 13.0. The van der Waals surface area contributed by atoms with E-state index >= 15 is 0 Å². The quantitative estimate of drug-likeness (QED) is 0.902. The summed E-state index contributed by atoms with van der Waals surface area (Å²) in [7, 11) is 0. The van der Waals surface area contributed by atoms with E-state index in [1.165, 1.54) is 12.1 Å². The van der Waals surface area contributed by atoms with E-state index in [1.54, 1.807) is 35.2 Å². The van der Waals surface area contributed by atoms with Gasteiger partial charge in [-0.15, -0.1) is 0 Å². The number of rotatable bonds is 4. The fourth-order valence-corrected chi connectivity index (χ4v) is 3.14. The summed E-state index contributed by atoms with van der Waals surface area (Å²) in [4.78, 5) is 26.3. The number of halogens is 2. The van der Waals surface area contributed by atoms with Crippen LogP contribution in [0, 0.1) is 18.7 Å². The van der Waals surface area contributed by atoms with Crippen LogP contribution in [-0.4, -0.2) is 23.3 Å². The lowest BCUT2D eigenvalue weighted by atomic mass is 10.1. The monoisotopic (exact) mass is 360 g/mol. The predicted molar refractivity (Wildman–Crippen MR) is 94.7 cm³/mol. The van der Waals surface area contributed by atoms with Crippen molar-refractivity contribution >= 4 is 29.1 Å². The number of nitrogens with one attached hydrogen (secondary N) is 1. The number of benzene rings is 2. The van der Waals surface area contributed by atoms with Gasteiger partial charge in [0.1, 0.15) is 5.82 Å². The molecule has 1 N–H and O–H groups in total. The van der Waals surface area contributed by atoms with Crippen LogP contribution in [0.4, 0.5) is 10.1 Å². The highest BCUT2D eigenvalue weighted by Crippen LogP contribution is 2.24. The van der Waals surface area contributed by atoms with Gasteiger partial charge in [0.2, 0.25) is 11.8 Å². The number of carbonyl (C=O) groups is 2. The van der Waals surface area contributed by atoms with Crippen molar-refractivity contribution in [1.82, 2.24) is 4.90 Å². The van der Waals surface area contributed by atoms with Gasteiger partial charge >= 0.3 is 0 Å². The maximum Gasteiger partial charge on any atom is 0.229 e. The summed E-state index contributed by atoms with van der Waals surface area (Å²) >= 11 is 5.92. The third kappa shape index (κ3) is 4.17. The van der Waals surface area contributed by atoms with Crippen LogP contribution in [-0.2, 0) is 16.1 Å². The molecule has 1 fully saturated rings. The molecule has 1 saturated heterocycles. The number of amides is 2. The second kappa shape index (κ2) is 7.23. The van der Waals surface area contributed by atoms with E-state index in [0.717, 1.165) is 11.1 Å². The Morgan fingerprint density at radius 1 is 1.28 bits per heavy atom. The van der Waals surface area contributed by atoms with E-state index in [-0.39, 0.29) is 24.1 Å². The molecule has 0 radical (unpaired) electrons. The van der Waals surface area contributed by atoms with Gasteiger partial charge in [0.15, 0.2) is 0 Å². The Morgan fingerprint density at radius 3 is 2.68 bits per heavy atom. The van der Waals surface area contributed by atoms with Gasteiger partial charge in [0, 0.05) is 30.2 Å².